The Hall–Kier alpha value is -2.31. The Morgan fingerprint density at radius 1 is 0.523 bits per heavy atom. The topological polar surface area (TPSA) is 0 Å². The van der Waals surface area contributed by atoms with E-state index in [-0.39, 0.29) is 24.8 Å². The van der Waals surface area contributed by atoms with Gasteiger partial charge in [-0.15, -0.1) is 0 Å². The van der Waals surface area contributed by atoms with Gasteiger partial charge in [0.25, 0.3) is 0 Å². The molecular weight excluding hydrogens is 655 g/mol. The fraction of sp³-hybridized carbons (Fsp3) is 0.293. The van der Waals surface area contributed by atoms with Crippen molar-refractivity contribution in [3.05, 3.63) is 166 Å². The summed E-state index contributed by atoms with van der Waals surface area (Å²) in [4.78, 5) is 0. The third kappa shape index (κ3) is 5.75. The quantitative estimate of drug-likeness (QED) is 0.436. The molecule has 3 heteroatoms. The molecule has 9 unspecified atom stereocenters. The van der Waals surface area contributed by atoms with Crippen LogP contribution >= 0.6 is 0 Å². The van der Waals surface area contributed by atoms with Crippen molar-refractivity contribution < 1.29 is 46.1 Å². The molecule has 8 rings (SSSR count). The van der Waals surface area contributed by atoms with E-state index in [0.29, 0.717) is 41.4 Å². The smallest absolute Gasteiger partial charge is 1.00 e. The first-order valence-electron chi connectivity index (χ1n) is 16.1. The van der Waals surface area contributed by atoms with Crippen LogP contribution in [0.2, 0.25) is 3.63 Å². The molecule has 0 radical (unpaired) electrons. The third-order valence-corrected chi connectivity index (χ3v) is 20.0. The van der Waals surface area contributed by atoms with E-state index < -0.39 is 21.3 Å². The molecule has 0 aliphatic heterocycles. The molecule has 2 saturated carbocycles. The van der Waals surface area contributed by atoms with Crippen molar-refractivity contribution in [1.29, 1.82) is 0 Å². The fourth-order valence-corrected chi connectivity index (χ4v) is 20.2. The molecule has 0 N–H and O–H groups in total. The van der Waals surface area contributed by atoms with Gasteiger partial charge in [0, 0.05) is 0 Å². The zero-order chi connectivity index (χ0) is 27.9. The summed E-state index contributed by atoms with van der Waals surface area (Å²) in [6, 6.07) is 22.7. The van der Waals surface area contributed by atoms with Crippen LogP contribution in [0.15, 0.2) is 155 Å². The van der Waals surface area contributed by atoms with Crippen LogP contribution in [0.25, 0.3) is 0 Å². The molecule has 0 nitrogen and oxygen atoms in total. The van der Waals surface area contributed by atoms with Gasteiger partial charge in [-0.1, -0.05) is 0 Å². The average molecular weight is 695 g/mol. The van der Waals surface area contributed by atoms with Crippen LogP contribution in [-0.2, 0) is 34.1 Å². The first-order valence-corrected chi connectivity index (χ1v) is 20.0. The van der Waals surface area contributed by atoms with Crippen molar-refractivity contribution in [3.63, 3.8) is 0 Å². The normalized spacial score (nSPS) is 32.7. The van der Waals surface area contributed by atoms with E-state index >= 15 is 0 Å². The molecule has 44 heavy (non-hydrogen) atoms. The Morgan fingerprint density at radius 3 is 1.48 bits per heavy atom. The first kappa shape index (κ1) is 31.7. The number of rotatable bonds is 6. The summed E-state index contributed by atoms with van der Waals surface area (Å²) in [5.74, 6) is 5.25. The van der Waals surface area contributed by atoms with Crippen LogP contribution < -0.4 is 24.8 Å². The van der Waals surface area contributed by atoms with Crippen molar-refractivity contribution in [2.75, 3.05) is 0 Å². The van der Waals surface area contributed by atoms with Crippen molar-refractivity contribution in [3.8, 4) is 0 Å². The predicted octanol–water partition coefficient (Wildman–Crippen LogP) is 3.24. The maximum Gasteiger partial charge on any atom is -1.00 e. The van der Waals surface area contributed by atoms with E-state index in [1.54, 1.807) is 0 Å². The van der Waals surface area contributed by atoms with Crippen LogP contribution in [-0.4, -0.2) is 3.21 Å². The summed E-state index contributed by atoms with van der Waals surface area (Å²) >= 11 is -2.41. The van der Waals surface area contributed by atoms with Gasteiger partial charge in [0.15, 0.2) is 0 Å². The third-order valence-electron chi connectivity index (χ3n) is 11.1. The Morgan fingerprint density at radius 2 is 0.977 bits per heavy atom. The Labute approximate surface area is 283 Å². The second kappa shape index (κ2) is 14.0. The number of hydrogen-bond acceptors (Lipinski definition) is 0. The molecule has 2 aromatic rings. The summed E-state index contributed by atoms with van der Waals surface area (Å²) in [5, 5.41) is 0. The molecule has 0 bridgehead atoms. The van der Waals surface area contributed by atoms with Gasteiger partial charge in [-0.25, -0.2) is 0 Å². The van der Waals surface area contributed by atoms with E-state index in [1.807, 2.05) is 6.49 Å². The molecule has 0 saturated heterocycles. The molecule has 2 fully saturated rings. The van der Waals surface area contributed by atoms with Gasteiger partial charge >= 0.3 is 261 Å². The summed E-state index contributed by atoms with van der Waals surface area (Å²) in [7, 11) is 0. The van der Waals surface area contributed by atoms with E-state index in [4.69, 9.17) is 0 Å². The van der Waals surface area contributed by atoms with Gasteiger partial charge in [-0.3, -0.25) is 0 Å². The molecule has 0 aromatic heterocycles. The van der Waals surface area contributed by atoms with Crippen molar-refractivity contribution in [2.24, 2.45) is 47.3 Å². The summed E-state index contributed by atoms with van der Waals surface area (Å²) < 4.78 is 4.51. The van der Waals surface area contributed by atoms with Gasteiger partial charge in [0.2, 0.25) is 0 Å². The van der Waals surface area contributed by atoms with Crippen LogP contribution in [0.5, 0.6) is 0 Å². The fourth-order valence-electron chi connectivity index (χ4n) is 9.62. The number of benzene rings is 2. The van der Waals surface area contributed by atoms with Gasteiger partial charge in [-0.2, -0.15) is 0 Å². The second-order valence-corrected chi connectivity index (χ2v) is 20.1. The van der Waals surface area contributed by atoms with Gasteiger partial charge in [-0.05, 0) is 0 Å². The Bertz CT molecular complexity index is 1560. The van der Waals surface area contributed by atoms with Crippen LogP contribution in [0.3, 0.4) is 0 Å². The van der Waals surface area contributed by atoms with Crippen LogP contribution in [0.1, 0.15) is 17.5 Å². The van der Waals surface area contributed by atoms with E-state index in [0.717, 1.165) is 22.4 Å². The molecule has 0 spiro atoms. The van der Waals surface area contributed by atoms with Crippen LogP contribution in [0, 0.1) is 47.3 Å². The van der Waals surface area contributed by atoms with E-state index in [1.165, 1.54) is 17.5 Å². The molecule has 222 valence electrons. The molecular formula is C41H40Cl2Zr. The predicted molar refractivity (Wildman–Crippen MR) is 174 cm³/mol. The zero-order valence-electron chi connectivity index (χ0n) is 25.0. The SMILES string of the molecule is C1=CC[C]([Zr+2](=[C](Cc2ccccc2)Cc2ccccc2)[CH]2C3C=CC=CC3C3C4C=CC=CC4C4C=CC=CC4C32)=C1.[Cl-].[Cl-]. The standard InChI is InChI=1S/C21H21.C15H14.C5H5.2ClH.Zr/c1-2-8-15-14(7-1)13-20-18-11-4-3-9-16(18)17-10-5-6-12-19(17)21(15)20;1-3-8-14(9-4-1)12-7-13-15-10-5-2-6-11-15;1-2-4-5-3-1;;;/h1-21H;1-6,8-11H,12-13H2;1-3H,4H2;2*1H;/q;;;;;+2/p-2. The molecule has 0 amide bonds. The summed E-state index contributed by atoms with van der Waals surface area (Å²) in [6.45, 7) is 0. The monoisotopic (exact) mass is 692 g/mol. The Kier molecular flexibility index (Phi) is 10.1. The second-order valence-electron chi connectivity index (χ2n) is 13.1. The molecule has 0 heterocycles. The number of fused-ring (bicyclic) bond motifs is 8. The minimum Gasteiger partial charge on any atom is -1.00 e. The molecule has 6 aliphatic rings. The minimum absolute atomic E-state index is 0. The molecule has 6 aliphatic carbocycles. The van der Waals surface area contributed by atoms with Crippen molar-refractivity contribution in [2.45, 2.75) is 22.9 Å². The number of hydrogen-bond donors (Lipinski definition) is 0. The molecule has 2 aromatic carbocycles. The van der Waals surface area contributed by atoms with Crippen LogP contribution in [0.4, 0.5) is 0 Å². The average Bonchev–Trinajstić information content (AvgIpc) is 3.70. The Balaban J connectivity index is 0.00000171. The largest absolute Gasteiger partial charge is 1.00 e. The van der Waals surface area contributed by atoms with Gasteiger partial charge in [0.1, 0.15) is 0 Å². The molecule has 9 atom stereocenters. The zero-order valence-corrected chi connectivity index (χ0v) is 29.0. The van der Waals surface area contributed by atoms with Crippen molar-refractivity contribution >= 4 is 3.21 Å². The maximum atomic E-state index is 2.66. The van der Waals surface area contributed by atoms with E-state index in [9.17, 15) is 0 Å². The van der Waals surface area contributed by atoms with Gasteiger partial charge < -0.3 is 24.8 Å². The summed E-state index contributed by atoms with van der Waals surface area (Å²) in [5.41, 5.74) is 2.97. The first-order chi connectivity index (χ1) is 20.9. The summed E-state index contributed by atoms with van der Waals surface area (Å²) in [6.07, 6.45) is 40.6. The number of allylic oxidation sites excluding steroid dienone is 16. The number of halogens is 2. The minimum atomic E-state index is -2.41. The maximum absolute atomic E-state index is 2.66. The van der Waals surface area contributed by atoms with Crippen molar-refractivity contribution in [1.82, 2.24) is 0 Å². The van der Waals surface area contributed by atoms with Gasteiger partial charge in [0.05, 0.1) is 0 Å². The van der Waals surface area contributed by atoms with E-state index in [2.05, 4.69) is 152 Å².